The highest BCUT2D eigenvalue weighted by Gasteiger charge is 2.44. The van der Waals surface area contributed by atoms with Crippen LogP contribution in [0.2, 0.25) is 0 Å². The van der Waals surface area contributed by atoms with Crippen molar-refractivity contribution in [1.82, 2.24) is 0 Å². The maximum Gasteiger partial charge on any atom is 0.153 e. The topological polar surface area (TPSA) is 34.1 Å². The van der Waals surface area contributed by atoms with Gasteiger partial charge in [0.15, 0.2) is 9.84 Å². The minimum Gasteiger partial charge on any atom is -0.229 e. The van der Waals surface area contributed by atoms with Crippen LogP contribution in [0.4, 0.5) is 0 Å². The van der Waals surface area contributed by atoms with Gasteiger partial charge in [-0.15, -0.1) is 0 Å². The molecule has 0 aliphatic heterocycles. The van der Waals surface area contributed by atoms with Gasteiger partial charge >= 0.3 is 0 Å². The zero-order valence-electron chi connectivity index (χ0n) is 10.5. The van der Waals surface area contributed by atoms with E-state index in [4.69, 9.17) is 0 Å². The molecule has 0 aromatic heterocycles. The van der Waals surface area contributed by atoms with Gasteiger partial charge in [-0.25, -0.2) is 8.42 Å². The molecule has 2 unspecified atom stereocenters. The fraction of sp³-hybridized carbons (Fsp3) is 1.00. The molecule has 0 saturated heterocycles. The van der Waals surface area contributed by atoms with Crippen LogP contribution in [0.25, 0.3) is 0 Å². The first kappa shape index (κ1) is 13.9. The lowest BCUT2D eigenvalue weighted by Crippen LogP contribution is -2.46. The molecular weight excluding hydrogens is 196 g/mol. The summed E-state index contributed by atoms with van der Waals surface area (Å²) in [5, 5.41) is 0. The molecule has 0 amide bonds. The van der Waals surface area contributed by atoms with Crippen molar-refractivity contribution >= 4 is 9.84 Å². The van der Waals surface area contributed by atoms with Gasteiger partial charge < -0.3 is 0 Å². The van der Waals surface area contributed by atoms with E-state index in [1.807, 2.05) is 20.8 Å². The van der Waals surface area contributed by atoms with Crippen molar-refractivity contribution in [1.29, 1.82) is 0 Å². The molecule has 0 bridgehead atoms. The second-order valence-electron chi connectivity index (χ2n) is 5.53. The van der Waals surface area contributed by atoms with Crippen molar-refractivity contribution in [2.75, 3.05) is 6.26 Å². The summed E-state index contributed by atoms with van der Waals surface area (Å²) in [7, 11) is -3.00. The maximum absolute atomic E-state index is 11.8. The molecule has 0 rings (SSSR count). The Balaban J connectivity index is 5.29. The molecule has 0 spiro atoms. The van der Waals surface area contributed by atoms with Crippen LogP contribution in [0.1, 0.15) is 48.0 Å². The van der Waals surface area contributed by atoms with Crippen molar-refractivity contribution in [2.45, 2.75) is 52.7 Å². The maximum atomic E-state index is 11.8. The SMILES string of the molecule is CCC(C)(C(C)C(C)(C)C)S(C)(=O)=O. The van der Waals surface area contributed by atoms with Gasteiger partial charge in [-0.1, -0.05) is 34.6 Å². The van der Waals surface area contributed by atoms with Crippen LogP contribution in [-0.4, -0.2) is 19.4 Å². The Hall–Kier alpha value is -0.0500. The molecule has 3 heteroatoms. The van der Waals surface area contributed by atoms with Crippen LogP contribution >= 0.6 is 0 Å². The third-order valence-electron chi connectivity index (χ3n) is 3.76. The summed E-state index contributed by atoms with van der Waals surface area (Å²) in [5.41, 5.74) is 0.0217. The number of sulfone groups is 1. The van der Waals surface area contributed by atoms with Gasteiger partial charge in [-0.2, -0.15) is 0 Å². The van der Waals surface area contributed by atoms with E-state index in [1.165, 1.54) is 6.26 Å². The van der Waals surface area contributed by atoms with Gasteiger partial charge in [0.2, 0.25) is 0 Å². The van der Waals surface area contributed by atoms with Crippen LogP contribution in [0.5, 0.6) is 0 Å². The monoisotopic (exact) mass is 220 g/mol. The van der Waals surface area contributed by atoms with Crippen LogP contribution in [-0.2, 0) is 9.84 Å². The molecule has 14 heavy (non-hydrogen) atoms. The van der Waals surface area contributed by atoms with Crippen LogP contribution in [0, 0.1) is 11.3 Å². The highest BCUT2D eigenvalue weighted by atomic mass is 32.2. The summed E-state index contributed by atoms with van der Waals surface area (Å²) < 4.78 is 22.9. The zero-order valence-corrected chi connectivity index (χ0v) is 11.3. The average molecular weight is 220 g/mol. The first-order chi connectivity index (χ1) is 5.97. The fourth-order valence-electron chi connectivity index (χ4n) is 1.81. The summed E-state index contributed by atoms with van der Waals surface area (Å²) in [5.74, 6) is 0.148. The van der Waals surface area contributed by atoms with E-state index < -0.39 is 14.6 Å². The lowest BCUT2D eigenvalue weighted by Gasteiger charge is -2.41. The zero-order chi connectivity index (χ0) is 11.8. The first-order valence-electron chi connectivity index (χ1n) is 5.16. The van der Waals surface area contributed by atoms with E-state index in [0.717, 1.165) is 0 Å². The standard InChI is InChI=1S/C11H24O2S/c1-8-11(6,14(7,12)13)9(2)10(3,4)5/h9H,8H2,1-7H3. The Labute approximate surface area is 89.0 Å². The normalized spacial score (nSPS) is 20.2. The Morgan fingerprint density at radius 1 is 1.14 bits per heavy atom. The van der Waals surface area contributed by atoms with Gasteiger partial charge in [0.1, 0.15) is 0 Å². The van der Waals surface area contributed by atoms with Crippen LogP contribution in [0.3, 0.4) is 0 Å². The summed E-state index contributed by atoms with van der Waals surface area (Å²) >= 11 is 0. The number of hydrogen-bond donors (Lipinski definition) is 0. The molecule has 0 fully saturated rings. The summed E-state index contributed by atoms with van der Waals surface area (Å²) in [6.45, 7) is 12.1. The highest BCUT2D eigenvalue weighted by Crippen LogP contribution is 2.40. The largest absolute Gasteiger partial charge is 0.229 e. The van der Waals surface area contributed by atoms with Gasteiger partial charge in [0.25, 0.3) is 0 Å². The van der Waals surface area contributed by atoms with Gasteiger partial charge in [0, 0.05) is 6.26 Å². The Morgan fingerprint density at radius 3 is 1.57 bits per heavy atom. The molecule has 0 N–H and O–H groups in total. The van der Waals surface area contributed by atoms with Crippen LogP contribution < -0.4 is 0 Å². The summed E-state index contributed by atoms with van der Waals surface area (Å²) in [6, 6.07) is 0. The lowest BCUT2D eigenvalue weighted by molar-refractivity contribution is 0.199. The molecule has 0 aromatic carbocycles. The van der Waals surface area contributed by atoms with Crippen molar-refractivity contribution in [2.24, 2.45) is 11.3 Å². The summed E-state index contributed by atoms with van der Waals surface area (Å²) in [4.78, 5) is 0. The average Bonchev–Trinajstić information content (AvgIpc) is 1.97. The first-order valence-corrected chi connectivity index (χ1v) is 7.05. The molecule has 0 aliphatic rings. The van der Waals surface area contributed by atoms with E-state index in [1.54, 1.807) is 0 Å². The van der Waals surface area contributed by atoms with Crippen LogP contribution in [0.15, 0.2) is 0 Å². The third kappa shape index (κ3) is 2.50. The second kappa shape index (κ2) is 3.84. The molecular formula is C11H24O2S. The Bertz CT molecular complexity index is 285. The summed E-state index contributed by atoms with van der Waals surface area (Å²) in [6.07, 6.45) is 2.02. The minimum atomic E-state index is -3.00. The molecule has 2 atom stereocenters. The Kier molecular flexibility index (Phi) is 3.82. The highest BCUT2D eigenvalue weighted by molar-refractivity contribution is 7.92. The molecule has 0 aromatic rings. The molecule has 0 aliphatic carbocycles. The molecule has 2 nitrogen and oxygen atoms in total. The van der Waals surface area contributed by atoms with E-state index in [2.05, 4.69) is 20.8 Å². The lowest BCUT2D eigenvalue weighted by atomic mass is 9.73. The van der Waals surface area contributed by atoms with E-state index >= 15 is 0 Å². The van der Waals surface area contributed by atoms with E-state index in [9.17, 15) is 8.42 Å². The van der Waals surface area contributed by atoms with Crippen molar-refractivity contribution in [3.05, 3.63) is 0 Å². The van der Waals surface area contributed by atoms with Crippen molar-refractivity contribution in [3.63, 3.8) is 0 Å². The smallest absolute Gasteiger partial charge is 0.153 e. The second-order valence-corrected chi connectivity index (χ2v) is 8.00. The van der Waals surface area contributed by atoms with Gasteiger partial charge in [-0.05, 0) is 24.7 Å². The minimum absolute atomic E-state index is 0.0217. The fourth-order valence-corrected chi connectivity index (χ4v) is 3.33. The van der Waals surface area contributed by atoms with Crippen molar-refractivity contribution < 1.29 is 8.42 Å². The quantitative estimate of drug-likeness (QED) is 0.733. The molecule has 86 valence electrons. The van der Waals surface area contributed by atoms with Gasteiger partial charge in [0.05, 0.1) is 4.75 Å². The molecule has 0 radical (unpaired) electrons. The predicted molar refractivity (Wildman–Crippen MR) is 62.2 cm³/mol. The number of rotatable bonds is 3. The van der Waals surface area contributed by atoms with Crippen molar-refractivity contribution in [3.8, 4) is 0 Å². The number of hydrogen-bond acceptors (Lipinski definition) is 2. The van der Waals surface area contributed by atoms with E-state index in [0.29, 0.717) is 6.42 Å². The Morgan fingerprint density at radius 2 is 1.50 bits per heavy atom. The molecule has 0 saturated carbocycles. The third-order valence-corrected chi connectivity index (χ3v) is 6.10. The molecule has 0 heterocycles. The van der Waals surface area contributed by atoms with E-state index in [-0.39, 0.29) is 11.3 Å². The van der Waals surface area contributed by atoms with Gasteiger partial charge in [-0.3, -0.25) is 0 Å². The predicted octanol–water partition coefficient (Wildman–Crippen LogP) is 2.88.